The van der Waals surface area contributed by atoms with Gasteiger partial charge in [-0.25, -0.2) is 0 Å². The fourth-order valence-electron chi connectivity index (χ4n) is 1.44. The van der Waals surface area contributed by atoms with Gasteiger partial charge in [0, 0.05) is 15.1 Å². The number of hydrogen-bond donors (Lipinski definition) is 2. The Hall–Kier alpha value is -0.790. The average Bonchev–Trinajstić information content (AvgIpc) is 2.36. The van der Waals surface area contributed by atoms with Crippen LogP contribution in [0.5, 0.6) is 5.75 Å². The Morgan fingerprint density at radius 1 is 1.26 bits per heavy atom. The lowest BCUT2D eigenvalue weighted by atomic mass is 10.2. The minimum absolute atomic E-state index is 0.0865. The van der Waals surface area contributed by atoms with Crippen molar-refractivity contribution in [2.24, 2.45) is 0 Å². The molecule has 0 bridgehead atoms. The van der Waals surface area contributed by atoms with Gasteiger partial charge in [0.2, 0.25) is 0 Å². The monoisotopic (exact) mass is 451 g/mol. The predicted molar refractivity (Wildman–Crippen MR) is 87.9 cm³/mol. The summed E-state index contributed by atoms with van der Waals surface area (Å²) in [6, 6.07) is 9.86. The molecule has 0 aliphatic rings. The first-order chi connectivity index (χ1) is 8.97. The highest BCUT2D eigenvalue weighted by atomic mass is 127. The van der Waals surface area contributed by atoms with Gasteiger partial charge < -0.3 is 10.4 Å². The van der Waals surface area contributed by atoms with Crippen LogP contribution in [0.1, 0.15) is 10.4 Å². The largest absolute Gasteiger partial charge is 0.507 e. The number of carbonyl (C=O) groups is 1. The highest BCUT2D eigenvalue weighted by Gasteiger charge is 2.10. The van der Waals surface area contributed by atoms with E-state index in [2.05, 4.69) is 21.2 Å². The first-order valence-electron chi connectivity index (χ1n) is 5.22. The molecule has 0 heterocycles. The van der Waals surface area contributed by atoms with Crippen molar-refractivity contribution in [3.63, 3.8) is 0 Å². The summed E-state index contributed by atoms with van der Waals surface area (Å²) in [7, 11) is 0. The van der Waals surface area contributed by atoms with Gasteiger partial charge in [0.25, 0.3) is 5.91 Å². The third kappa shape index (κ3) is 3.61. The second kappa shape index (κ2) is 6.11. The van der Waals surface area contributed by atoms with Gasteiger partial charge in [0.15, 0.2) is 0 Å². The van der Waals surface area contributed by atoms with Crippen molar-refractivity contribution in [3.8, 4) is 5.75 Å². The van der Waals surface area contributed by atoms with Crippen LogP contribution >= 0.6 is 50.1 Å². The van der Waals surface area contributed by atoms with E-state index >= 15 is 0 Å². The number of nitrogens with one attached hydrogen (secondary N) is 1. The molecule has 3 nitrogen and oxygen atoms in total. The first kappa shape index (κ1) is 14.6. The molecule has 2 N–H and O–H groups in total. The zero-order valence-electron chi connectivity index (χ0n) is 9.45. The number of carbonyl (C=O) groups excluding carboxylic acids is 1. The topological polar surface area (TPSA) is 49.3 Å². The summed E-state index contributed by atoms with van der Waals surface area (Å²) in [5, 5.41) is 12.9. The third-order valence-electron chi connectivity index (χ3n) is 2.39. The van der Waals surface area contributed by atoms with Crippen LogP contribution in [0.4, 0.5) is 5.69 Å². The molecule has 19 heavy (non-hydrogen) atoms. The normalized spacial score (nSPS) is 10.3. The second-order valence-electron chi connectivity index (χ2n) is 3.74. The summed E-state index contributed by atoms with van der Waals surface area (Å²) in [6.45, 7) is 0. The van der Waals surface area contributed by atoms with E-state index in [1.165, 1.54) is 6.07 Å². The molecule has 0 aliphatic heterocycles. The number of aromatic hydroxyl groups is 1. The molecule has 0 spiro atoms. The minimum atomic E-state index is -0.297. The first-order valence-corrected chi connectivity index (χ1v) is 7.47. The molecule has 0 unspecified atom stereocenters. The Morgan fingerprint density at radius 3 is 2.63 bits per heavy atom. The van der Waals surface area contributed by atoms with Gasteiger partial charge in [-0.05, 0) is 74.9 Å². The summed E-state index contributed by atoms with van der Waals surface area (Å²) >= 11 is 11.1. The molecule has 1 amide bonds. The molecule has 0 aliphatic carbocycles. The second-order valence-corrected chi connectivity index (χ2v) is 6.20. The third-order valence-corrected chi connectivity index (χ3v) is 4.19. The maximum Gasteiger partial charge on any atom is 0.255 e. The van der Waals surface area contributed by atoms with E-state index in [1.807, 2.05) is 22.6 Å². The lowest BCUT2D eigenvalue weighted by molar-refractivity contribution is 0.102. The van der Waals surface area contributed by atoms with Crippen molar-refractivity contribution in [2.45, 2.75) is 0 Å². The van der Waals surface area contributed by atoms with Crippen molar-refractivity contribution < 1.29 is 9.90 Å². The van der Waals surface area contributed by atoms with Gasteiger partial charge in [-0.2, -0.15) is 0 Å². The van der Waals surface area contributed by atoms with Crippen LogP contribution in [0.15, 0.2) is 40.9 Å². The molecular weight excluding hydrogens is 444 g/mol. The number of phenolic OH excluding ortho intramolecular Hbond substituents is 1. The fraction of sp³-hybridized carbons (Fsp3) is 0. The number of amides is 1. The Bertz CT molecular complexity index is 649. The molecule has 2 aromatic rings. The number of phenols is 1. The average molecular weight is 452 g/mol. The Balaban J connectivity index is 2.23. The molecule has 98 valence electrons. The van der Waals surface area contributed by atoms with E-state index in [9.17, 15) is 9.90 Å². The predicted octanol–water partition coefficient (Wildman–Crippen LogP) is 4.67. The van der Waals surface area contributed by atoms with Gasteiger partial charge in [-0.1, -0.05) is 11.6 Å². The maximum absolute atomic E-state index is 12.0. The molecule has 0 aromatic heterocycles. The molecular formula is C13H8BrClINO2. The number of halogens is 3. The Morgan fingerprint density at radius 2 is 2.00 bits per heavy atom. The fourth-order valence-corrected chi connectivity index (χ4v) is 2.56. The van der Waals surface area contributed by atoms with Crippen molar-refractivity contribution in [3.05, 3.63) is 55.0 Å². The maximum atomic E-state index is 12.0. The van der Waals surface area contributed by atoms with Gasteiger partial charge in [-0.3, -0.25) is 4.79 Å². The minimum Gasteiger partial charge on any atom is -0.507 e. The van der Waals surface area contributed by atoms with Crippen molar-refractivity contribution in [2.75, 3.05) is 5.32 Å². The van der Waals surface area contributed by atoms with E-state index in [-0.39, 0.29) is 11.7 Å². The van der Waals surface area contributed by atoms with Crippen LogP contribution < -0.4 is 5.32 Å². The summed E-state index contributed by atoms with van der Waals surface area (Å²) < 4.78 is 1.39. The lowest BCUT2D eigenvalue weighted by Gasteiger charge is -2.08. The van der Waals surface area contributed by atoms with Gasteiger partial charge in [0.05, 0.1) is 9.26 Å². The van der Waals surface area contributed by atoms with E-state index in [4.69, 9.17) is 11.6 Å². The van der Waals surface area contributed by atoms with Crippen LogP contribution in [0.3, 0.4) is 0 Å². The summed E-state index contributed by atoms with van der Waals surface area (Å²) in [5.74, 6) is -0.210. The van der Waals surface area contributed by atoms with E-state index in [0.717, 1.165) is 0 Å². The van der Waals surface area contributed by atoms with E-state index in [0.29, 0.717) is 24.3 Å². The van der Waals surface area contributed by atoms with Crippen molar-refractivity contribution >= 4 is 61.7 Å². The summed E-state index contributed by atoms with van der Waals surface area (Å²) in [4.78, 5) is 12.0. The van der Waals surface area contributed by atoms with E-state index < -0.39 is 0 Å². The highest BCUT2D eigenvalue weighted by Crippen LogP contribution is 2.27. The number of benzene rings is 2. The Kier molecular flexibility index (Phi) is 4.70. The van der Waals surface area contributed by atoms with Crippen LogP contribution in [0.25, 0.3) is 0 Å². The van der Waals surface area contributed by atoms with E-state index in [1.54, 1.807) is 30.3 Å². The van der Waals surface area contributed by atoms with Crippen molar-refractivity contribution in [1.82, 2.24) is 0 Å². The van der Waals surface area contributed by atoms with Gasteiger partial charge in [-0.15, -0.1) is 0 Å². The zero-order valence-corrected chi connectivity index (χ0v) is 14.0. The molecule has 2 rings (SSSR count). The molecule has 0 radical (unpaired) electrons. The Labute approximate surface area is 137 Å². The highest BCUT2D eigenvalue weighted by molar-refractivity contribution is 14.1. The molecule has 0 fully saturated rings. The standard InChI is InChI=1S/C13H8BrClINO2/c14-9-6-8(15)2-4-11(9)17-13(19)7-1-3-10(16)12(18)5-7/h1-6,18H,(H,17,19). The van der Waals surface area contributed by atoms with Gasteiger partial charge >= 0.3 is 0 Å². The van der Waals surface area contributed by atoms with Crippen LogP contribution in [-0.4, -0.2) is 11.0 Å². The van der Waals surface area contributed by atoms with Crippen LogP contribution in [-0.2, 0) is 0 Å². The molecule has 0 saturated heterocycles. The number of anilines is 1. The van der Waals surface area contributed by atoms with Crippen LogP contribution in [0.2, 0.25) is 5.02 Å². The molecule has 0 saturated carbocycles. The molecule has 6 heteroatoms. The zero-order chi connectivity index (χ0) is 14.0. The molecule has 2 aromatic carbocycles. The smallest absolute Gasteiger partial charge is 0.255 e. The summed E-state index contributed by atoms with van der Waals surface area (Å²) in [5.41, 5.74) is 1.01. The molecule has 0 atom stereocenters. The summed E-state index contributed by atoms with van der Waals surface area (Å²) in [6.07, 6.45) is 0. The number of hydrogen-bond acceptors (Lipinski definition) is 2. The number of rotatable bonds is 2. The quantitative estimate of drug-likeness (QED) is 0.651. The van der Waals surface area contributed by atoms with Gasteiger partial charge in [0.1, 0.15) is 5.75 Å². The van der Waals surface area contributed by atoms with Crippen molar-refractivity contribution in [1.29, 1.82) is 0 Å². The SMILES string of the molecule is O=C(Nc1ccc(Cl)cc1Br)c1ccc(I)c(O)c1. The lowest BCUT2D eigenvalue weighted by Crippen LogP contribution is -2.12. The van der Waals surface area contributed by atoms with Crippen LogP contribution in [0, 0.1) is 3.57 Å².